The van der Waals surface area contributed by atoms with Crippen molar-refractivity contribution in [1.82, 2.24) is 9.88 Å². The predicted octanol–water partition coefficient (Wildman–Crippen LogP) is 3.58. The zero-order valence-electron chi connectivity index (χ0n) is 16.2. The van der Waals surface area contributed by atoms with Gasteiger partial charge in [-0.25, -0.2) is 4.98 Å². The SMILES string of the molecule is COc1ccc(CNc2ccc(C(=O)N3CCC(C)CC3)cn2)cc1OC. The molecule has 144 valence electrons. The quantitative estimate of drug-likeness (QED) is 0.843. The zero-order valence-corrected chi connectivity index (χ0v) is 16.2. The minimum atomic E-state index is 0.0702. The first kappa shape index (κ1) is 19.0. The maximum absolute atomic E-state index is 12.6. The molecule has 1 saturated heterocycles. The number of methoxy groups -OCH3 is 2. The molecular weight excluding hydrogens is 342 g/mol. The van der Waals surface area contributed by atoms with Crippen molar-refractivity contribution in [2.24, 2.45) is 5.92 Å². The van der Waals surface area contributed by atoms with E-state index >= 15 is 0 Å². The number of hydrogen-bond donors (Lipinski definition) is 1. The summed E-state index contributed by atoms with van der Waals surface area (Å²) >= 11 is 0. The molecule has 1 aliphatic heterocycles. The molecule has 6 nitrogen and oxygen atoms in total. The van der Waals surface area contributed by atoms with Crippen LogP contribution < -0.4 is 14.8 Å². The summed E-state index contributed by atoms with van der Waals surface area (Å²) in [4.78, 5) is 18.9. The van der Waals surface area contributed by atoms with Gasteiger partial charge < -0.3 is 19.7 Å². The molecule has 1 fully saturated rings. The van der Waals surface area contributed by atoms with Crippen LogP contribution in [0, 0.1) is 5.92 Å². The lowest BCUT2D eigenvalue weighted by Crippen LogP contribution is -2.37. The third-order valence-corrected chi connectivity index (χ3v) is 5.00. The van der Waals surface area contributed by atoms with Crippen LogP contribution in [0.25, 0.3) is 0 Å². The van der Waals surface area contributed by atoms with Crippen molar-refractivity contribution in [3.05, 3.63) is 47.7 Å². The standard InChI is InChI=1S/C21H27N3O3/c1-15-8-10-24(11-9-15)21(25)17-5-7-20(23-14-17)22-13-16-4-6-18(26-2)19(12-16)27-3/h4-7,12,14-15H,8-11,13H2,1-3H3,(H,22,23). The molecule has 2 aromatic rings. The first-order valence-electron chi connectivity index (χ1n) is 9.31. The van der Waals surface area contributed by atoms with Crippen molar-refractivity contribution in [1.29, 1.82) is 0 Å². The van der Waals surface area contributed by atoms with Gasteiger partial charge in [0.2, 0.25) is 0 Å². The molecule has 0 radical (unpaired) electrons. The van der Waals surface area contributed by atoms with Crippen molar-refractivity contribution in [3.8, 4) is 11.5 Å². The average molecular weight is 369 g/mol. The molecular formula is C21H27N3O3. The topological polar surface area (TPSA) is 63.7 Å². The van der Waals surface area contributed by atoms with E-state index in [4.69, 9.17) is 9.47 Å². The third kappa shape index (κ3) is 4.70. The Labute approximate surface area is 160 Å². The van der Waals surface area contributed by atoms with Crippen molar-refractivity contribution in [3.63, 3.8) is 0 Å². The second kappa shape index (κ2) is 8.75. The van der Waals surface area contributed by atoms with E-state index in [1.807, 2.05) is 35.2 Å². The van der Waals surface area contributed by atoms with Crippen LogP contribution in [0.4, 0.5) is 5.82 Å². The van der Waals surface area contributed by atoms with E-state index in [2.05, 4.69) is 17.2 Å². The molecule has 0 aliphatic carbocycles. The van der Waals surface area contributed by atoms with E-state index in [0.29, 0.717) is 29.5 Å². The number of carbonyl (C=O) groups is 1. The Hall–Kier alpha value is -2.76. The highest BCUT2D eigenvalue weighted by Gasteiger charge is 2.21. The van der Waals surface area contributed by atoms with E-state index in [1.165, 1.54) is 0 Å². The van der Waals surface area contributed by atoms with Gasteiger partial charge in [0.05, 0.1) is 19.8 Å². The largest absolute Gasteiger partial charge is 0.493 e. The van der Waals surface area contributed by atoms with Gasteiger partial charge in [0, 0.05) is 25.8 Å². The number of aromatic nitrogens is 1. The number of likely N-dealkylation sites (tertiary alicyclic amines) is 1. The highest BCUT2D eigenvalue weighted by molar-refractivity contribution is 5.94. The van der Waals surface area contributed by atoms with Gasteiger partial charge in [0.1, 0.15) is 5.82 Å². The summed E-state index contributed by atoms with van der Waals surface area (Å²) in [7, 11) is 3.24. The minimum Gasteiger partial charge on any atom is -0.493 e. The second-order valence-electron chi connectivity index (χ2n) is 6.95. The van der Waals surface area contributed by atoms with E-state index in [9.17, 15) is 4.79 Å². The van der Waals surface area contributed by atoms with Gasteiger partial charge in [-0.2, -0.15) is 0 Å². The summed E-state index contributed by atoms with van der Waals surface area (Å²) in [5, 5.41) is 3.27. The Morgan fingerprint density at radius 1 is 1.15 bits per heavy atom. The van der Waals surface area contributed by atoms with Crippen LogP contribution in [0.15, 0.2) is 36.5 Å². The molecule has 0 bridgehead atoms. The fraction of sp³-hybridized carbons (Fsp3) is 0.429. The normalized spacial score (nSPS) is 14.7. The molecule has 0 atom stereocenters. The number of pyridine rings is 1. The molecule has 3 rings (SSSR count). The van der Waals surface area contributed by atoms with Gasteiger partial charge in [-0.3, -0.25) is 4.79 Å². The number of piperidine rings is 1. The maximum atomic E-state index is 12.6. The molecule has 0 spiro atoms. The van der Waals surface area contributed by atoms with Gasteiger partial charge in [-0.05, 0) is 48.6 Å². The Bertz CT molecular complexity index is 769. The molecule has 0 saturated carbocycles. The molecule has 0 unspecified atom stereocenters. The van der Waals surface area contributed by atoms with Crippen LogP contribution in [-0.2, 0) is 6.54 Å². The van der Waals surface area contributed by atoms with Gasteiger partial charge in [0.15, 0.2) is 11.5 Å². The Balaban J connectivity index is 1.58. The smallest absolute Gasteiger partial charge is 0.255 e. The zero-order chi connectivity index (χ0) is 19.2. The van der Waals surface area contributed by atoms with E-state index in [-0.39, 0.29) is 5.91 Å². The van der Waals surface area contributed by atoms with Crippen molar-refractivity contribution < 1.29 is 14.3 Å². The third-order valence-electron chi connectivity index (χ3n) is 5.00. The molecule has 1 aliphatic rings. The molecule has 1 aromatic carbocycles. The summed E-state index contributed by atoms with van der Waals surface area (Å²) in [6, 6.07) is 9.47. The van der Waals surface area contributed by atoms with Crippen LogP contribution >= 0.6 is 0 Å². The van der Waals surface area contributed by atoms with Crippen LogP contribution in [0.5, 0.6) is 11.5 Å². The van der Waals surface area contributed by atoms with Crippen molar-refractivity contribution >= 4 is 11.7 Å². The number of benzene rings is 1. The highest BCUT2D eigenvalue weighted by Crippen LogP contribution is 2.27. The predicted molar refractivity (Wildman–Crippen MR) is 105 cm³/mol. The molecule has 1 amide bonds. The number of nitrogens with zero attached hydrogens (tertiary/aromatic N) is 2. The monoisotopic (exact) mass is 369 g/mol. The Morgan fingerprint density at radius 2 is 1.89 bits per heavy atom. The number of carbonyl (C=O) groups excluding carboxylic acids is 1. The number of anilines is 1. The van der Waals surface area contributed by atoms with Crippen LogP contribution in [0.1, 0.15) is 35.7 Å². The first-order chi connectivity index (χ1) is 13.1. The molecule has 27 heavy (non-hydrogen) atoms. The van der Waals surface area contributed by atoms with E-state index in [1.54, 1.807) is 20.4 Å². The number of hydrogen-bond acceptors (Lipinski definition) is 5. The molecule has 2 heterocycles. The lowest BCUT2D eigenvalue weighted by molar-refractivity contribution is 0.0697. The van der Waals surface area contributed by atoms with E-state index < -0.39 is 0 Å². The van der Waals surface area contributed by atoms with Crippen molar-refractivity contribution in [2.75, 3.05) is 32.6 Å². The summed E-state index contributed by atoms with van der Waals surface area (Å²) in [6.45, 7) is 4.51. The number of ether oxygens (including phenoxy) is 2. The maximum Gasteiger partial charge on any atom is 0.255 e. The highest BCUT2D eigenvalue weighted by atomic mass is 16.5. The van der Waals surface area contributed by atoms with Gasteiger partial charge in [-0.1, -0.05) is 13.0 Å². The summed E-state index contributed by atoms with van der Waals surface area (Å²) < 4.78 is 10.6. The fourth-order valence-electron chi connectivity index (χ4n) is 3.20. The van der Waals surface area contributed by atoms with Crippen molar-refractivity contribution in [2.45, 2.75) is 26.3 Å². The van der Waals surface area contributed by atoms with Crippen LogP contribution in [-0.4, -0.2) is 43.1 Å². The molecule has 1 N–H and O–H groups in total. The number of amides is 1. The van der Waals surface area contributed by atoms with Crippen LogP contribution in [0.2, 0.25) is 0 Å². The van der Waals surface area contributed by atoms with Gasteiger partial charge >= 0.3 is 0 Å². The lowest BCUT2D eigenvalue weighted by Gasteiger charge is -2.30. The molecule has 6 heteroatoms. The van der Waals surface area contributed by atoms with E-state index in [0.717, 1.165) is 37.3 Å². The minimum absolute atomic E-state index is 0.0702. The average Bonchev–Trinajstić information content (AvgIpc) is 2.72. The summed E-state index contributed by atoms with van der Waals surface area (Å²) in [5.74, 6) is 2.90. The first-order valence-corrected chi connectivity index (χ1v) is 9.31. The summed E-state index contributed by atoms with van der Waals surface area (Å²) in [5.41, 5.74) is 1.69. The summed E-state index contributed by atoms with van der Waals surface area (Å²) in [6.07, 6.45) is 3.80. The Morgan fingerprint density at radius 3 is 2.52 bits per heavy atom. The van der Waals surface area contributed by atoms with Crippen LogP contribution in [0.3, 0.4) is 0 Å². The lowest BCUT2D eigenvalue weighted by atomic mass is 9.99. The number of rotatable bonds is 6. The Kier molecular flexibility index (Phi) is 6.16. The molecule has 1 aromatic heterocycles. The fourth-order valence-corrected chi connectivity index (χ4v) is 3.20. The van der Waals surface area contributed by atoms with Gasteiger partial charge in [-0.15, -0.1) is 0 Å². The second-order valence-corrected chi connectivity index (χ2v) is 6.95. The number of nitrogens with one attached hydrogen (secondary N) is 1. The van der Waals surface area contributed by atoms with Gasteiger partial charge in [0.25, 0.3) is 5.91 Å².